The maximum absolute atomic E-state index is 13.5. The second-order valence-electron chi connectivity index (χ2n) is 10.9. The lowest BCUT2D eigenvalue weighted by Crippen LogP contribution is -2.43. The molecule has 2 aliphatic rings. The van der Waals surface area contributed by atoms with Crippen LogP contribution < -0.4 is 0 Å². The number of pyridine rings is 1. The first-order valence-electron chi connectivity index (χ1n) is 14.0. The predicted molar refractivity (Wildman–Crippen MR) is 148 cm³/mol. The van der Waals surface area contributed by atoms with Gasteiger partial charge in [-0.2, -0.15) is 5.10 Å². The predicted octanol–water partition coefficient (Wildman–Crippen LogP) is 4.83. The number of likely N-dealkylation sites (tertiary alicyclic amines) is 1. The third kappa shape index (κ3) is 4.89. The molecular formula is C30H33N7O3. The number of aryl methyl sites for hydroxylation is 1. The zero-order valence-electron chi connectivity index (χ0n) is 22.8. The Labute approximate surface area is 232 Å². The molecule has 40 heavy (non-hydrogen) atoms. The summed E-state index contributed by atoms with van der Waals surface area (Å²) in [7, 11) is 1.82. The van der Waals surface area contributed by atoms with Crippen LogP contribution in [-0.4, -0.2) is 64.2 Å². The maximum atomic E-state index is 13.5. The fourth-order valence-corrected chi connectivity index (χ4v) is 6.04. The summed E-state index contributed by atoms with van der Waals surface area (Å²) in [5.41, 5.74) is 4.75. The number of carboxylic acid groups (broad SMARTS) is 1. The molecule has 3 atom stereocenters. The molecule has 10 nitrogen and oxygen atoms in total. The van der Waals surface area contributed by atoms with Crippen LogP contribution in [0, 0.1) is 0 Å². The van der Waals surface area contributed by atoms with E-state index in [4.69, 9.17) is 0 Å². The van der Waals surface area contributed by atoms with Gasteiger partial charge in [0, 0.05) is 55.6 Å². The third-order valence-corrected chi connectivity index (χ3v) is 8.10. The molecule has 0 bridgehead atoms. The molecule has 0 spiro atoms. The van der Waals surface area contributed by atoms with E-state index < -0.39 is 5.97 Å². The fraction of sp³-hybridized carbons (Fsp3) is 0.400. The zero-order chi connectivity index (χ0) is 27.8. The average Bonchev–Trinajstić information content (AvgIpc) is 3.41. The smallest absolute Gasteiger partial charge is 0.339 e. The largest absolute Gasteiger partial charge is 0.478 e. The number of rotatable bonds is 8. The minimum absolute atomic E-state index is 0.0165. The van der Waals surface area contributed by atoms with E-state index >= 15 is 0 Å². The Morgan fingerprint density at radius 2 is 1.95 bits per heavy atom. The Hall–Kier alpha value is -4.34. The van der Waals surface area contributed by atoms with Gasteiger partial charge < -0.3 is 10.0 Å². The number of benzene rings is 1. The van der Waals surface area contributed by atoms with Crippen LogP contribution in [0.15, 0.2) is 55.1 Å². The average molecular weight is 540 g/mol. The van der Waals surface area contributed by atoms with E-state index in [-0.39, 0.29) is 29.3 Å². The molecule has 1 aliphatic heterocycles. The molecule has 206 valence electrons. The molecule has 4 aromatic rings. The van der Waals surface area contributed by atoms with E-state index in [0.29, 0.717) is 11.3 Å². The molecule has 1 aromatic carbocycles. The van der Waals surface area contributed by atoms with Gasteiger partial charge in [0.15, 0.2) is 0 Å². The van der Waals surface area contributed by atoms with Crippen LogP contribution >= 0.6 is 0 Å². The van der Waals surface area contributed by atoms with Crippen LogP contribution in [0.3, 0.4) is 0 Å². The number of hydrogen-bond donors (Lipinski definition) is 1. The van der Waals surface area contributed by atoms with Gasteiger partial charge in [-0.3, -0.25) is 14.5 Å². The number of amides is 1. The van der Waals surface area contributed by atoms with Crippen molar-refractivity contribution in [1.29, 1.82) is 0 Å². The number of aromatic nitrogens is 6. The van der Waals surface area contributed by atoms with E-state index in [2.05, 4.69) is 27.3 Å². The van der Waals surface area contributed by atoms with Gasteiger partial charge in [0.2, 0.25) is 0 Å². The summed E-state index contributed by atoms with van der Waals surface area (Å²) in [4.78, 5) is 32.0. The third-order valence-electron chi connectivity index (χ3n) is 8.10. The lowest BCUT2D eigenvalue weighted by Gasteiger charge is -2.35. The van der Waals surface area contributed by atoms with Crippen LogP contribution in [0.2, 0.25) is 0 Å². The number of carboxylic acids is 1. The molecule has 1 N–H and O–H groups in total. The lowest BCUT2D eigenvalue weighted by atomic mass is 9.97. The standard InChI is InChI=1S/C30H33N7O3/c1-3-7-22-9-4-5-11-36(22)29(38)21-12-20(15-31-16-21)19-8-6-10-23(13-19)37-28(26(17-32-37)30(39)40)25-14-24(25)27-18-35(2)34-33-27/h6,8,10,12-13,15-18,22,24-25H,3-5,7,9,11,14H2,1-2H3,(H,39,40). The number of carbonyl (C=O) groups excluding carboxylic acids is 1. The van der Waals surface area contributed by atoms with Gasteiger partial charge in [0.25, 0.3) is 5.91 Å². The summed E-state index contributed by atoms with van der Waals surface area (Å²) >= 11 is 0. The van der Waals surface area contributed by atoms with Gasteiger partial charge in [-0.05, 0) is 55.9 Å². The second-order valence-corrected chi connectivity index (χ2v) is 10.9. The highest BCUT2D eigenvalue weighted by Gasteiger charge is 2.46. The van der Waals surface area contributed by atoms with Crippen molar-refractivity contribution in [2.45, 2.75) is 63.3 Å². The number of piperidine rings is 1. The van der Waals surface area contributed by atoms with Gasteiger partial charge in [-0.1, -0.05) is 30.7 Å². The van der Waals surface area contributed by atoms with Crippen molar-refractivity contribution in [3.05, 3.63) is 77.6 Å². The molecule has 6 rings (SSSR count). The Morgan fingerprint density at radius 1 is 1.07 bits per heavy atom. The van der Waals surface area contributed by atoms with Gasteiger partial charge in [0.05, 0.1) is 28.8 Å². The summed E-state index contributed by atoms with van der Waals surface area (Å²) < 4.78 is 3.38. The van der Waals surface area contributed by atoms with Crippen molar-refractivity contribution in [1.82, 2.24) is 34.7 Å². The van der Waals surface area contributed by atoms with E-state index in [1.54, 1.807) is 21.8 Å². The van der Waals surface area contributed by atoms with Crippen molar-refractivity contribution in [2.75, 3.05) is 6.54 Å². The number of nitrogens with zero attached hydrogens (tertiary/aromatic N) is 7. The Bertz CT molecular complexity index is 1560. The molecule has 1 saturated carbocycles. The summed E-state index contributed by atoms with van der Waals surface area (Å²) in [6.07, 6.45) is 12.8. The highest BCUT2D eigenvalue weighted by atomic mass is 16.4. The normalized spacial score (nSPS) is 20.4. The highest BCUT2D eigenvalue weighted by Crippen LogP contribution is 2.55. The SMILES string of the molecule is CCCC1CCCCN1C(=O)c1cncc(-c2cccc(-n3ncc(C(=O)O)c3C3CC3c3cn(C)nn3)c2)c1. The maximum Gasteiger partial charge on any atom is 0.339 e. The first-order chi connectivity index (χ1) is 19.4. The highest BCUT2D eigenvalue weighted by molar-refractivity contribution is 5.95. The molecule has 4 heterocycles. The first-order valence-corrected chi connectivity index (χ1v) is 14.0. The van der Waals surface area contributed by atoms with Crippen LogP contribution in [0.1, 0.15) is 89.4 Å². The summed E-state index contributed by atoms with van der Waals surface area (Å²) in [6, 6.07) is 9.96. The van der Waals surface area contributed by atoms with Crippen LogP contribution in [0.5, 0.6) is 0 Å². The van der Waals surface area contributed by atoms with E-state index in [1.807, 2.05) is 48.5 Å². The van der Waals surface area contributed by atoms with E-state index in [0.717, 1.165) is 61.2 Å². The first kappa shape index (κ1) is 25.9. The molecular weight excluding hydrogens is 506 g/mol. The summed E-state index contributed by atoms with van der Waals surface area (Å²) in [6.45, 7) is 2.95. The van der Waals surface area contributed by atoms with Gasteiger partial charge >= 0.3 is 5.97 Å². The van der Waals surface area contributed by atoms with Crippen molar-refractivity contribution >= 4 is 11.9 Å². The number of carbonyl (C=O) groups is 2. The molecule has 2 fully saturated rings. The van der Waals surface area contributed by atoms with E-state index in [9.17, 15) is 14.7 Å². The quantitative estimate of drug-likeness (QED) is 0.341. The molecule has 1 saturated heterocycles. The summed E-state index contributed by atoms with van der Waals surface area (Å²) in [5.74, 6) is -0.884. The van der Waals surface area contributed by atoms with Gasteiger partial charge in [-0.25, -0.2) is 9.48 Å². The Morgan fingerprint density at radius 3 is 2.73 bits per heavy atom. The van der Waals surface area contributed by atoms with Crippen molar-refractivity contribution in [2.24, 2.45) is 7.05 Å². The Kier molecular flexibility index (Phi) is 6.91. The minimum atomic E-state index is -1.00. The van der Waals surface area contributed by atoms with Crippen LogP contribution in [-0.2, 0) is 7.05 Å². The topological polar surface area (TPSA) is 119 Å². The fourth-order valence-electron chi connectivity index (χ4n) is 6.04. The van der Waals surface area contributed by atoms with Crippen LogP contribution in [0.4, 0.5) is 0 Å². The molecule has 1 aliphatic carbocycles. The van der Waals surface area contributed by atoms with Crippen molar-refractivity contribution in [3.8, 4) is 16.8 Å². The van der Waals surface area contributed by atoms with Gasteiger partial charge in [0.1, 0.15) is 5.56 Å². The van der Waals surface area contributed by atoms with E-state index in [1.165, 1.54) is 12.6 Å². The lowest BCUT2D eigenvalue weighted by molar-refractivity contribution is 0.0599. The number of aromatic carboxylic acids is 1. The van der Waals surface area contributed by atoms with Gasteiger partial charge in [-0.15, -0.1) is 5.10 Å². The molecule has 0 radical (unpaired) electrons. The molecule has 10 heteroatoms. The van der Waals surface area contributed by atoms with Crippen LogP contribution in [0.25, 0.3) is 16.8 Å². The summed E-state index contributed by atoms with van der Waals surface area (Å²) in [5, 5.41) is 22.7. The molecule has 3 unspecified atom stereocenters. The van der Waals surface area contributed by atoms with Crippen molar-refractivity contribution < 1.29 is 14.7 Å². The zero-order valence-corrected chi connectivity index (χ0v) is 22.8. The number of hydrogen-bond acceptors (Lipinski definition) is 6. The molecule has 1 amide bonds. The van der Waals surface area contributed by atoms with Crippen molar-refractivity contribution in [3.63, 3.8) is 0 Å². The monoisotopic (exact) mass is 539 g/mol. The molecule has 3 aromatic heterocycles. The Balaban J connectivity index is 1.31. The second kappa shape index (κ2) is 10.7. The minimum Gasteiger partial charge on any atom is -0.478 e.